The monoisotopic (exact) mass is 349 g/mol. The molecule has 1 amide bonds. The summed E-state index contributed by atoms with van der Waals surface area (Å²) in [4.78, 5) is 12.9. The Morgan fingerprint density at radius 1 is 1.08 bits per heavy atom. The summed E-state index contributed by atoms with van der Waals surface area (Å²) in [6.45, 7) is 2.72. The Morgan fingerprint density at radius 3 is 2.38 bits per heavy atom. The SMILES string of the molecule is CC[C@@H](CNC(=O)[C@H](Cc1ccccc1)n1cnnn1)c1ccccc1. The molecule has 0 radical (unpaired) electrons. The molecule has 3 rings (SSSR count). The van der Waals surface area contributed by atoms with E-state index < -0.39 is 6.04 Å². The van der Waals surface area contributed by atoms with Crippen LogP contribution < -0.4 is 5.32 Å². The fourth-order valence-electron chi connectivity index (χ4n) is 3.02. The maximum atomic E-state index is 12.9. The summed E-state index contributed by atoms with van der Waals surface area (Å²) in [7, 11) is 0. The molecule has 0 fully saturated rings. The highest BCUT2D eigenvalue weighted by Gasteiger charge is 2.23. The Bertz CT molecular complexity index is 790. The molecule has 1 N–H and O–H groups in total. The molecule has 1 heterocycles. The van der Waals surface area contributed by atoms with Crippen molar-refractivity contribution in [1.29, 1.82) is 0 Å². The van der Waals surface area contributed by atoms with Crippen LogP contribution >= 0.6 is 0 Å². The summed E-state index contributed by atoms with van der Waals surface area (Å²) >= 11 is 0. The fourth-order valence-corrected chi connectivity index (χ4v) is 3.02. The zero-order chi connectivity index (χ0) is 18.2. The highest BCUT2D eigenvalue weighted by molar-refractivity contribution is 5.80. The van der Waals surface area contributed by atoms with Gasteiger partial charge in [0.2, 0.25) is 5.91 Å². The Kier molecular flexibility index (Phi) is 6.09. The maximum absolute atomic E-state index is 12.9. The number of hydrogen-bond acceptors (Lipinski definition) is 4. The molecular weight excluding hydrogens is 326 g/mol. The van der Waals surface area contributed by atoms with Crippen molar-refractivity contribution in [3.63, 3.8) is 0 Å². The normalized spacial score (nSPS) is 13.1. The summed E-state index contributed by atoms with van der Waals surface area (Å²) in [6, 6.07) is 19.7. The molecule has 6 nitrogen and oxygen atoms in total. The number of hydrogen-bond donors (Lipinski definition) is 1. The molecule has 3 aromatic rings. The number of carbonyl (C=O) groups excluding carboxylic acids is 1. The summed E-state index contributed by atoms with van der Waals surface area (Å²) < 4.78 is 1.52. The molecule has 0 aliphatic rings. The van der Waals surface area contributed by atoms with Crippen LogP contribution in [0.1, 0.15) is 36.4 Å². The van der Waals surface area contributed by atoms with Gasteiger partial charge in [0.05, 0.1) is 0 Å². The topological polar surface area (TPSA) is 72.7 Å². The summed E-state index contributed by atoms with van der Waals surface area (Å²) in [5, 5.41) is 14.4. The lowest BCUT2D eigenvalue weighted by Gasteiger charge is -2.20. The van der Waals surface area contributed by atoms with Crippen molar-refractivity contribution in [2.24, 2.45) is 0 Å². The second kappa shape index (κ2) is 8.89. The van der Waals surface area contributed by atoms with Gasteiger partial charge >= 0.3 is 0 Å². The van der Waals surface area contributed by atoms with Gasteiger partial charge in [0, 0.05) is 18.9 Å². The Balaban J connectivity index is 1.69. The maximum Gasteiger partial charge on any atom is 0.245 e. The third-order valence-electron chi connectivity index (χ3n) is 4.55. The predicted molar refractivity (Wildman–Crippen MR) is 99.5 cm³/mol. The van der Waals surface area contributed by atoms with Crippen LogP contribution in [0.3, 0.4) is 0 Å². The van der Waals surface area contributed by atoms with Crippen LogP contribution in [0.5, 0.6) is 0 Å². The smallest absolute Gasteiger partial charge is 0.245 e. The van der Waals surface area contributed by atoms with E-state index in [9.17, 15) is 4.79 Å². The number of amides is 1. The molecule has 0 spiro atoms. The molecule has 26 heavy (non-hydrogen) atoms. The van der Waals surface area contributed by atoms with Crippen LogP contribution in [0.2, 0.25) is 0 Å². The molecule has 1 aromatic heterocycles. The fraction of sp³-hybridized carbons (Fsp3) is 0.300. The van der Waals surface area contributed by atoms with Crippen molar-refractivity contribution in [1.82, 2.24) is 25.5 Å². The van der Waals surface area contributed by atoms with Crippen molar-refractivity contribution in [2.45, 2.75) is 31.7 Å². The summed E-state index contributed by atoms with van der Waals surface area (Å²) in [5.74, 6) is 0.210. The lowest BCUT2D eigenvalue weighted by Crippen LogP contribution is -2.36. The van der Waals surface area contributed by atoms with E-state index in [-0.39, 0.29) is 11.8 Å². The molecule has 0 bridgehead atoms. The Labute approximate surface area is 153 Å². The molecule has 0 unspecified atom stereocenters. The minimum atomic E-state index is -0.472. The van der Waals surface area contributed by atoms with E-state index in [1.807, 2.05) is 48.5 Å². The zero-order valence-corrected chi connectivity index (χ0v) is 14.8. The zero-order valence-electron chi connectivity index (χ0n) is 14.8. The van der Waals surface area contributed by atoms with E-state index in [1.165, 1.54) is 16.6 Å². The minimum Gasteiger partial charge on any atom is -0.354 e. The first-order valence-electron chi connectivity index (χ1n) is 8.87. The van der Waals surface area contributed by atoms with Gasteiger partial charge in [-0.3, -0.25) is 4.79 Å². The van der Waals surface area contributed by atoms with Gasteiger partial charge in [0.25, 0.3) is 0 Å². The van der Waals surface area contributed by atoms with Gasteiger partial charge in [-0.05, 0) is 28.0 Å². The van der Waals surface area contributed by atoms with Crippen LogP contribution in [0, 0.1) is 0 Å². The van der Waals surface area contributed by atoms with Gasteiger partial charge < -0.3 is 5.32 Å². The molecule has 0 saturated heterocycles. The Hall–Kier alpha value is -3.02. The number of tetrazole rings is 1. The average molecular weight is 349 g/mol. The third-order valence-corrected chi connectivity index (χ3v) is 4.55. The molecule has 2 atom stereocenters. The number of benzene rings is 2. The van der Waals surface area contributed by atoms with Crippen LogP contribution in [0.4, 0.5) is 0 Å². The van der Waals surface area contributed by atoms with Gasteiger partial charge in [-0.2, -0.15) is 0 Å². The Morgan fingerprint density at radius 2 is 1.77 bits per heavy atom. The first kappa shape index (κ1) is 17.8. The number of carbonyl (C=O) groups is 1. The lowest BCUT2D eigenvalue weighted by atomic mass is 9.96. The van der Waals surface area contributed by atoms with Crippen molar-refractivity contribution in [2.75, 3.05) is 6.54 Å². The largest absolute Gasteiger partial charge is 0.354 e. The summed E-state index contributed by atoms with van der Waals surface area (Å²) in [6.07, 6.45) is 2.99. The number of aromatic nitrogens is 4. The molecule has 0 aliphatic carbocycles. The lowest BCUT2D eigenvalue weighted by molar-refractivity contribution is -0.124. The average Bonchev–Trinajstić information content (AvgIpc) is 3.22. The quantitative estimate of drug-likeness (QED) is 0.679. The number of nitrogens with zero attached hydrogens (tertiary/aromatic N) is 4. The second-order valence-corrected chi connectivity index (χ2v) is 6.26. The summed E-state index contributed by atoms with van der Waals surface area (Å²) in [5.41, 5.74) is 2.30. The first-order valence-corrected chi connectivity index (χ1v) is 8.87. The van der Waals surface area contributed by atoms with Gasteiger partial charge in [-0.15, -0.1) is 5.10 Å². The van der Waals surface area contributed by atoms with E-state index >= 15 is 0 Å². The standard InChI is InChI=1S/C20H23N5O/c1-2-17(18-11-7-4-8-12-18)14-21-20(26)19(25-15-22-23-24-25)13-16-9-5-3-6-10-16/h3-12,15,17,19H,2,13-14H2,1H3,(H,21,26)/t17-,19-/m0/s1. The van der Waals surface area contributed by atoms with E-state index in [0.717, 1.165) is 12.0 Å². The predicted octanol–water partition coefficient (Wildman–Crippen LogP) is 2.77. The third kappa shape index (κ3) is 4.53. The van der Waals surface area contributed by atoms with Crippen LogP contribution in [-0.4, -0.2) is 32.7 Å². The minimum absolute atomic E-state index is 0.0736. The number of nitrogens with one attached hydrogen (secondary N) is 1. The van der Waals surface area contributed by atoms with E-state index in [1.54, 1.807) is 0 Å². The molecule has 134 valence electrons. The van der Waals surface area contributed by atoms with Crippen molar-refractivity contribution < 1.29 is 4.79 Å². The van der Waals surface area contributed by atoms with Crippen molar-refractivity contribution in [3.05, 3.63) is 78.1 Å². The van der Waals surface area contributed by atoms with E-state index in [2.05, 4.69) is 39.9 Å². The second-order valence-electron chi connectivity index (χ2n) is 6.26. The first-order chi connectivity index (χ1) is 12.8. The highest BCUT2D eigenvalue weighted by Crippen LogP contribution is 2.19. The molecule has 0 aliphatic heterocycles. The number of rotatable bonds is 8. The van der Waals surface area contributed by atoms with E-state index in [4.69, 9.17) is 0 Å². The van der Waals surface area contributed by atoms with Crippen molar-refractivity contribution in [3.8, 4) is 0 Å². The molecule has 6 heteroatoms. The van der Waals surface area contributed by atoms with Gasteiger partial charge in [0.15, 0.2) is 0 Å². The van der Waals surface area contributed by atoms with Gasteiger partial charge in [-0.25, -0.2) is 4.68 Å². The van der Waals surface area contributed by atoms with Crippen LogP contribution in [0.25, 0.3) is 0 Å². The van der Waals surface area contributed by atoms with Gasteiger partial charge in [0.1, 0.15) is 12.4 Å². The highest BCUT2D eigenvalue weighted by atomic mass is 16.2. The molecule has 2 aromatic carbocycles. The van der Waals surface area contributed by atoms with Crippen LogP contribution in [-0.2, 0) is 11.2 Å². The molecule has 0 saturated carbocycles. The van der Waals surface area contributed by atoms with E-state index in [0.29, 0.717) is 13.0 Å². The van der Waals surface area contributed by atoms with Crippen LogP contribution in [0.15, 0.2) is 67.0 Å². The molecular formula is C20H23N5O. The van der Waals surface area contributed by atoms with Gasteiger partial charge in [-0.1, -0.05) is 67.6 Å². The van der Waals surface area contributed by atoms with Crippen molar-refractivity contribution >= 4 is 5.91 Å².